The summed E-state index contributed by atoms with van der Waals surface area (Å²) in [5.74, 6) is 0.575. The van der Waals surface area contributed by atoms with E-state index in [9.17, 15) is 0 Å². The second-order valence-corrected chi connectivity index (χ2v) is 23.0. The van der Waals surface area contributed by atoms with Crippen molar-refractivity contribution in [3.05, 3.63) is 129 Å². The van der Waals surface area contributed by atoms with Crippen molar-refractivity contribution < 1.29 is 48.1 Å². The molecule has 0 fully saturated rings. The Labute approximate surface area is 312 Å². The van der Waals surface area contributed by atoms with Gasteiger partial charge in [0.25, 0.3) is 0 Å². The largest absolute Gasteiger partial charge is 1.00 e. The van der Waals surface area contributed by atoms with Gasteiger partial charge in [0, 0.05) is 0 Å². The minimum absolute atomic E-state index is 0. The summed E-state index contributed by atoms with van der Waals surface area (Å²) in [4.78, 5) is 0. The molecule has 0 aromatic heterocycles. The van der Waals surface area contributed by atoms with Crippen molar-refractivity contribution in [3.8, 4) is 22.3 Å². The van der Waals surface area contributed by atoms with Crippen LogP contribution in [-0.4, -0.2) is 5.43 Å². The van der Waals surface area contributed by atoms with Gasteiger partial charge in [0.05, 0.1) is 0 Å². The van der Waals surface area contributed by atoms with E-state index in [1.807, 2.05) is 0 Å². The second-order valence-electron chi connectivity index (χ2n) is 13.6. The van der Waals surface area contributed by atoms with Gasteiger partial charge in [0.2, 0.25) is 0 Å². The number of halogens is 2. The van der Waals surface area contributed by atoms with Gasteiger partial charge >= 0.3 is 41.9 Å². The van der Waals surface area contributed by atoms with E-state index in [0.29, 0.717) is 5.92 Å². The first-order chi connectivity index (χ1) is 21.2. The molecule has 246 valence electrons. The summed E-state index contributed by atoms with van der Waals surface area (Å²) >= 11 is 1.74. The summed E-state index contributed by atoms with van der Waals surface area (Å²) in [7, 11) is 0. The van der Waals surface area contributed by atoms with Crippen LogP contribution in [0.2, 0.25) is 13.1 Å². The molecule has 0 bridgehead atoms. The van der Waals surface area contributed by atoms with Crippen molar-refractivity contribution in [2.45, 2.75) is 88.2 Å². The summed E-state index contributed by atoms with van der Waals surface area (Å²) in [5, 5.41) is 5.52. The van der Waals surface area contributed by atoms with Crippen LogP contribution in [0.3, 0.4) is 0 Å². The Morgan fingerprint density at radius 3 is 1.51 bits per heavy atom. The number of benzene rings is 4. The van der Waals surface area contributed by atoms with Gasteiger partial charge in [0.1, 0.15) is 0 Å². The number of hydrogen-bond donors (Lipinski definition) is 0. The first-order valence-corrected chi connectivity index (χ1v) is 22.4. The van der Waals surface area contributed by atoms with Crippen LogP contribution < -0.4 is 24.8 Å². The number of rotatable bonds is 3. The van der Waals surface area contributed by atoms with Gasteiger partial charge < -0.3 is 24.8 Å². The molecule has 0 aliphatic rings. The van der Waals surface area contributed by atoms with Gasteiger partial charge in [-0.15, -0.1) is 68.6 Å². The molecule has 6 aromatic carbocycles. The van der Waals surface area contributed by atoms with Crippen LogP contribution in [-0.2, 0) is 23.3 Å². The third-order valence-electron chi connectivity index (χ3n) is 8.58. The molecule has 0 heterocycles. The average molecular weight is 757 g/mol. The fourth-order valence-corrected chi connectivity index (χ4v) is 6.83. The Morgan fingerprint density at radius 1 is 0.574 bits per heavy atom. The normalized spacial score (nSPS) is 10.5. The Bertz CT molecular complexity index is 1950. The van der Waals surface area contributed by atoms with Gasteiger partial charge in [0.15, 0.2) is 0 Å². The van der Waals surface area contributed by atoms with Crippen molar-refractivity contribution in [2.24, 2.45) is 0 Å². The summed E-state index contributed by atoms with van der Waals surface area (Å²) in [6.45, 7) is 26.7. The van der Waals surface area contributed by atoms with E-state index in [1.54, 1.807) is 23.3 Å². The van der Waals surface area contributed by atoms with Gasteiger partial charge in [-0.3, -0.25) is 0 Å². The Kier molecular flexibility index (Phi) is 15.2. The summed E-state index contributed by atoms with van der Waals surface area (Å²) in [6, 6.07) is 29.6. The topological polar surface area (TPSA) is 0 Å². The molecule has 47 heavy (non-hydrogen) atoms. The third-order valence-corrected chi connectivity index (χ3v) is 8.58. The van der Waals surface area contributed by atoms with Gasteiger partial charge in [-0.1, -0.05) is 86.3 Å². The predicted molar refractivity (Wildman–Crippen MR) is 199 cm³/mol. The molecule has 6 rings (SSSR count). The SMILES string of the molecule is C[Si](C)=[Zr+2].Cc1cc(C)c(-c2ccc(C)c3[cH-]c(C)cc23)c(C)c1.Cc1cc(C)c(-c2cccc3[cH-]c(C(C)C)cc23)c(C)c1.[Cl-].[Cl-]. The minimum Gasteiger partial charge on any atom is -1.00 e. The predicted octanol–water partition coefficient (Wildman–Crippen LogP) is 6.83. The smallest absolute Gasteiger partial charge is 0.0220 e. The molecular weight excluding hydrogens is 707 g/mol. The Hall–Kier alpha value is -2.22. The van der Waals surface area contributed by atoms with Crippen molar-refractivity contribution in [1.29, 1.82) is 0 Å². The molecule has 0 saturated heterocycles. The molecule has 0 amide bonds. The van der Waals surface area contributed by atoms with Crippen molar-refractivity contribution >= 4 is 27.0 Å². The zero-order valence-electron chi connectivity index (χ0n) is 30.3. The molecule has 0 saturated carbocycles. The monoisotopic (exact) mass is 754 g/mol. The maximum Gasteiger partial charge on any atom is -0.0220 e. The van der Waals surface area contributed by atoms with Gasteiger partial charge in [-0.05, 0) is 80.8 Å². The van der Waals surface area contributed by atoms with Crippen LogP contribution in [0.5, 0.6) is 0 Å². The van der Waals surface area contributed by atoms with E-state index in [-0.39, 0.29) is 30.2 Å². The second kappa shape index (κ2) is 17.4. The van der Waals surface area contributed by atoms with E-state index in [1.165, 1.54) is 93.9 Å². The number of hydrogen-bond acceptors (Lipinski definition) is 0. The molecule has 0 aliphatic heterocycles. The fourth-order valence-electron chi connectivity index (χ4n) is 6.83. The van der Waals surface area contributed by atoms with Crippen LogP contribution in [0, 0.1) is 55.4 Å². The van der Waals surface area contributed by atoms with Gasteiger partial charge in [-0.2, -0.15) is 12.1 Å². The van der Waals surface area contributed by atoms with Crippen LogP contribution in [0.4, 0.5) is 0 Å². The molecule has 0 N–H and O–H groups in total. The molecule has 0 radical (unpaired) electrons. The Balaban J connectivity index is 0.000000283. The Morgan fingerprint density at radius 2 is 1.04 bits per heavy atom. The molecular formula is C43H50Cl2SiZr-2. The molecule has 0 nitrogen and oxygen atoms in total. The first kappa shape index (κ1) is 41.0. The van der Waals surface area contributed by atoms with Crippen LogP contribution in [0.25, 0.3) is 43.8 Å². The molecule has 6 aromatic rings. The van der Waals surface area contributed by atoms with Crippen molar-refractivity contribution in [1.82, 2.24) is 0 Å². The first-order valence-electron chi connectivity index (χ1n) is 16.2. The molecule has 0 spiro atoms. The molecule has 0 aliphatic carbocycles. The third kappa shape index (κ3) is 9.70. The standard InChI is InChI=1S/C21H23.C20H21.C2H6Si.2ClH.Zr/c1-13(2)18-11-17-7-6-8-19(20(17)12-18)21-15(4)9-14(3)10-16(21)5;1-12-8-15(4)20(16(5)9-12)17-7-6-14(3)18-10-13(2)11-19(17)18;1-3-2;;;/h6-13H,1-5H3;6-11H,1-5H3;1-2H3;2*1H;/q2*-1;;;;+2/p-2. The maximum atomic E-state index is 2.37. The number of fused-ring (bicyclic) bond motifs is 2. The average Bonchev–Trinajstić information content (AvgIpc) is 3.54. The van der Waals surface area contributed by atoms with Crippen LogP contribution in [0.15, 0.2) is 78.9 Å². The summed E-state index contributed by atoms with van der Waals surface area (Å²) in [5.41, 5.74) is 18.0. The van der Waals surface area contributed by atoms with E-state index in [2.05, 4.69) is 161 Å². The quantitative estimate of drug-likeness (QED) is 0.137. The van der Waals surface area contributed by atoms with Crippen LogP contribution in [0.1, 0.15) is 69.8 Å². The molecule has 4 heteroatoms. The summed E-state index contributed by atoms with van der Waals surface area (Å²) in [6.07, 6.45) is 0. The van der Waals surface area contributed by atoms with E-state index < -0.39 is 0 Å². The minimum atomic E-state index is 0. The van der Waals surface area contributed by atoms with E-state index in [4.69, 9.17) is 0 Å². The van der Waals surface area contributed by atoms with Crippen molar-refractivity contribution in [3.63, 3.8) is 0 Å². The van der Waals surface area contributed by atoms with E-state index in [0.717, 1.165) is 0 Å². The van der Waals surface area contributed by atoms with Crippen LogP contribution >= 0.6 is 0 Å². The number of aryl methyl sites for hydroxylation is 8. The zero-order valence-corrected chi connectivity index (χ0v) is 35.3. The van der Waals surface area contributed by atoms with Crippen molar-refractivity contribution in [2.75, 3.05) is 0 Å². The zero-order chi connectivity index (χ0) is 33.2. The van der Waals surface area contributed by atoms with Gasteiger partial charge in [-0.25, -0.2) is 0 Å². The summed E-state index contributed by atoms with van der Waals surface area (Å²) < 4.78 is 0. The van der Waals surface area contributed by atoms with E-state index >= 15 is 0 Å². The molecule has 0 unspecified atom stereocenters. The maximum absolute atomic E-state index is 2.37. The molecule has 0 atom stereocenters. The fraction of sp³-hybridized carbons (Fsp3) is 0.302.